The highest BCUT2D eigenvalue weighted by atomic mass is 15.3. The summed E-state index contributed by atoms with van der Waals surface area (Å²) < 4.78 is 2.10. The fourth-order valence-electron chi connectivity index (χ4n) is 4.47. The minimum Gasteiger partial charge on any atom is -0.272 e. The molecule has 0 saturated heterocycles. The molecule has 28 heavy (non-hydrogen) atoms. The van der Waals surface area contributed by atoms with Crippen molar-refractivity contribution >= 4 is 0 Å². The van der Waals surface area contributed by atoms with Gasteiger partial charge in [0.05, 0.1) is 6.20 Å². The molecule has 0 spiro atoms. The second kappa shape index (κ2) is 7.24. The van der Waals surface area contributed by atoms with Crippen molar-refractivity contribution in [3.63, 3.8) is 0 Å². The van der Waals surface area contributed by atoms with E-state index < -0.39 is 0 Å². The first kappa shape index (κ1) is 19.0. The van der Waals surface area contributed by atoms with Crippen molar-refractivity contribution in [2.45, 2.75) is 66.3 Å². The van der Waals surface area contributed by atoms with Crippen molar-refractivity contribution in [1.29, 1.82) is 0 Å². The fraction of sp³-hybridized carbons (Fsp3) is 0.423. The average Bonchev–Trinajstić information content (AvgIpc) is 3.22. The van der Waals surface area contributed by atoms with Gasteiger partial charge in [-0.05, 0) is 51.6 Å². The number of nitrogens with zero attached hydrogens (tertiary/aromatic N) is 2. The van der Waals surface area contributed by atoms with Crippen LogP contribution in [-0.4, -0.2) is 9.78 Å². The number of hydrogen-bond acceptors (Lipinski definition) is 1. The second-order valence-electron chi connectivity index (χ2n) is 9.51. The number of unbranched alkanes of at least 4 members (excludes halogenated alkanes) is 1. The predicted octanol–water partition coefficient (Wildman–Crippen LogP) is 7.07. The van der Waals surface area contributed by atoms with Crippen LogP contribution in [0.15, 0.2) is 48.8 Å². The Balaban J connectivity index is 1.85. The van der Waals surface area contributed by atoms with E-state index in [-0.39, 0.29) is 5.41 Å². The molecular formula is C26H32N2. The predicted molar refractivity (Wildman–Crippen MR) is 119 cm³/mol. The highest BCUT2D eigenvalue weighted by Gasteiger charge is 2.28. The highest BCUT2D eigenvalue weighted by molar-refractivity contribution is 5.91. The van der Waals surface area contributed by atoms with Gasteiger partial charge in [-0.15, -0.1) is 0 Å². The molecule has 4 rings (SSSR count). The van der Waals surface area contributed by atoms with Crippen LogP contribution in [0.25, 0.3) is 22.3 Å². The molecule has 2 aromatic carbocycles. The summed E-state index contributed by atoms with van der Waals surface area (Å²) in [5, 5.41) is 4.69. The SMILES string of the molecule is CCCCc1cc(-c2cnn(CC(C)(C)C)c2)c2c(c1)C(C)c1ccccc1-2. The minimum absolute atomic E-state index is 0.218. The van der Waals surface area contributed by atoms with E-state index in [2.05, 4.69) is 93.2 Å². The van der Waals surface area contributed by atoms with E-state index in [4.69, 9.17) is 0 Å². The standard InChI is InChI=1S/C26H32N2/c1-6-7-10-19-13-23-18(2)21-11-8-9-12-22(21)25(23)24(14-19)20-15-27-28(16-20)17-26(3,4)5/h8-9,11-16,18H,6-7,10,17H2,1-5H3. The lowest BCUT2D eigenvalue weighted by atomic mass is 9.90. The maximum Gasteiger partial charge on any atom is 0.0568 e. The quantitative estimate of drug-likeness (QED) is 0.468. The van der Waals surface area contributed by atoms with Gasteiger partial charge in [-0.2, -0.15) is 5.10 Å². The van der Waals surface area contributed by atoms with Gasteiger partial charge in [-0.3, -0.25) is 4.68 Å². The molecule has 1 aromatic heterocycles. The maximum atomic E-state index is 4.69. The Morgan fingerprint density at radius 3 is 2.57 bits per heavy atom. The number of hydrogen-bond donors (Lipinski definition) is 0. The molecule has 1 aliphatic carbocycles. The first-order valence-electron chi connectivity index (χ1n) is 10.7. The lowest BCUT2D eigenvalue weighted by molar-refractivity contribution is 0.325. The Morgan fingerprint density at radius 2 is 1.82 bits per heavy atom. The molecule has 1 atom stereocenters. The van der Waals surface area contributed by atoms with Crippen molar-refractivity contribution in [3.8, 4) is 22.3 Å². The zero-order chi connectivity index (χ0) is 19.9. The van der Waals surface area contributed by atoms with Crippen molar-refractivity contribution in [2.24, 2.45) is 5.41 Å². The van der Waals surface area contributed by atoms with Crippen LogP contribution < -0.4 is 0 Å². The number of fused-ring (bicyclic) bond motifs is 3. The van der Waals surface area contributed by atoms with E-state index in [0.29, 0.717) is 5.92 Å². The third-order valence-electron chi connectivity index (χ3n) is 5.79. The lowest BCUT2D eigenvalue weighted by Gasteiger charge is -2.17. The van der Waals surface area contributed by atoms with Gasteiger partial charge in [0, 0.05) is 24.2 Å². The summed E-state index contributed by atoms with van der Waals surface area (Å²) in [7, 11) is 0. The monoisotopic (exact) mass is 372 g/mol. The molecular weight excluding hydrogens is 340 g/mol. The topological polar surface area (TPSA) is 17.8 Å². The molecule has 0 aliphatic heterocycles. The third kappa shape index (κ3) is 3.53. The van der Waals surface area contributed by atoms with E-state index in [9.17, 15) is 0 Å². The molecule has 0 saturated carbocycles. The van der Waals surface area contributed by atoms with E-state index >= 15 is 0 Å². The van der Waals surface area contributed by atoms with E-state index in [1.54, 1.807) is 0 Å². The molecule has 0 bridgehead atoms. The van der Waals surface area contributed by atoms with E-state index in [0.717, 1.165) is 13.0 Å². The summed E-state index contributed by atoms with van der Waals surface area (Å²) >= 11 is 0. The summed E-state index contributed by atoms with van der Waals surface area (Å²) in [5.74, 6) is 0.455. The van der Waals surface area contributed by atoms with Gasteiger partial charge in [0.15, 0.2) is 0 Å². The van der Waals surface area contributed by atoms with Gasteiger partial charge in [-0.25, -0.2) is 0 Å². The van der Waals surface area contributed by atoms with Gasteiger partial charge in [0.1, 0.15) is 0 Å². The van der Waals surface area contributed by atoms with Crippen LogP contribution in [0.2, 0.25) is 0 Å². The lowest BCUT2D eigenvalue weighted by Crippen LogP contribution is -2.15. The van der Waals surface area contributed by atoms with Crippen molar-refractivity contribution in [1.82, 2.24) is 9.78 Å². The third-order valence-corrected chi connectivity index (χ3v) is 5.79. The fourth-order valence-corrected chi connectivity index (χ4v) is 4.47. The van der Waals surface area contributed by atoms with Crippen LogP contribution in [0.3, 0.4) is 0 Å². The molecule has 1 aliphatic rings. The Hall–Kier alpha value is -2.35. The Bertz CT molecular complexity index is 988. The second-order valence-corrected chi connectivity index (χ2v) is 9.51. The van der Waals surface area contributed by atoms with Crippen LogP contribution in [0, 0.1) is 5.41 Å². The largest absolute Gasteiger partial charge is 0.272 e. The normalized spacial score (nSPS) is 15.5. The summed E-state index contributed by atoms with van der Waals surface area (Å²) in [5.41, 5.74) is 10.0. The summed E-state index contributed by atoms with van der Waals surface area (Å²) in [6, 6.07) is 13.8. The van der Waals surface area contributed by atoms with E-state index in [1.807, 2.05) is 0 Å². The van der Waals surface area contributed by atoms with Gasteiger partial charge in [-0.1, -0.05) is 77.4 Å². The van der Waals surface area contributed by atoms with Crippen LogP contribution in [0.5, 0.6) is 0 Å². The Kier molecular flexibility index (Phi) is 4.91. The maximum absolute atomic E-state index is 4.69. The van der Waals surface area contributed by atoms with Gasteiger partial charge < -0.3 is 0 Å². The average molecular weight is 373 g/mol. The van der Waals surface area contributed by atoms with E-state index in [1.165, 1.54) is 51.8 Å². The first-order chi connectivity index (χ1) is 13.4. The molecule has 0 N–H and O–H groups in total. The Labute approximate surface area is 169 Å². The van der Waals surface area contributed by atoms with Gasteiger partial charge in [0.2, 0.25) is 0 Å². The number of benzene rings is 2. The molecule has 0 radical (unpaired) electrons. The summed E-state index contributed by atoms with van der Waals surface area (Å²) in [6.45, 7) is 12.3. The van der Waals surface area contributed by atoms with Gasteiger partial charge >= 0.3 is 0 Å². The molecule has 0 amide bonds. The Morgan fingerprint density at radius 1 is 1.04 bits per heavy atom. The minimum atomic E-state index is 0.218. The zero-order valence-corrected chi connectivity index (χ0v) is 17.9. The summed E-state index contributed by atoms with van der Waals surface area (Å²) in [6.07, 6.45) is 7.90. The van der Waals surface area contributed by atoms with Crippen LogP contribution >= 0.6 is 0 Å². The van der Waals surface area contributed by atoms with Crippen LogP contribution in [-0.2, 0) is 13.0 Å². The molecule has 2 heteroatoms. The molecule has 2 nitrogen and oxygen atoms in total. The van der Waals surface area contributed by atoms with Crippen molar-refractivity contribution < 1.29 is 0 Å². The molecule has 3 aromatic rings. The number of aryl methyl sites for hydroxylation is 1. The number of aromatic nitrogens is 2. The molecule has 1 unspecified atom stereocenters. The van der Waals surface area contributed by atoms with Crippen LogP contribution in [0.1, 0.15) is 70.1 Å². The first-order valence-corrected chi connectivity index (χ1v) is 10.7. The molecule has 146 valence electrons. The smallest absolute Gasteiger partial charge is 0.0568 e. The van der Waals surface area contributed by atoms with Crippen molar-refractivity contribution in [3.05, 3.63) is 65.5 Å². The number of rotatable bonds is 5. The van der Waals surface area contributed by atoms with Gasteiger partial charge in [0.25, 0.3) is 0 Å². The zero-order valence-electron chi connectivity index (χ0n) is 17.9. The molecule has 0 fully saturated rings. The molecule has 1 heterocycles. The van der Waals surface area contributed by atoms with Crippen LogP contribution in [0.4, 0.5) is 0 Å². The summed E-state index contributed by atoms with van der Waals surface area (Å²) in [4.78, 5) is 0. The van der Waals surface area contributed by atoms with Crippen molar-refractivity contribution in [2.75, 3.05) is 0 Å². The highest BCUT2D eigenvalue weighted by Crippen LogP contribution is 2.49.